The van der Waals surface area contributed by atoms with Crippen LogP contribution in [0.2, 0.25) is 0 Å². The molecule has 0 saturated heterocycles. The summed E-state index contributed by atoms with van der Waals surface area (Å²) in [6, 6.07) is 3.19. The smallest absolute Gasteiger partial charge is 0.131 e. The van der Waals surface area contributed by atoms with E-state index >= 15 is 0 Å². The molecule has 0 unspecified atom stereocenters. The summed E-state index contributed by atoms with van der Waals surface area (Å²) in [5.41, 5.74) is 6.86. The van der Waals surface area contributed by atoms with Crippen LogP contribution in [0.25, 0.3) is 6.08 Å². The molecule has 0 amide bonds. The highest BCUT2D eigenvalue weighted by Crippen LogP contribution is 2.24. The first kappa shape index (κ1) is 10.4. The maximum absolute atomic E-state index is 13.2. The lowest BCUT2D eigenvalue weighted by Crippen LogP contribution is -1.93. The predicted octanol–water partition coefficient (Wildman–Crippen LogP) is 2.87. The highest BCUT2D eigenvalue weighted by Gasteiger charge is 2.05. The summed E-state index contributed by atoms with van der Waals surface area (Å²) >= 11 is 3.33. The summed E-state index contributed by atoms with van der Waals surface area (Å²) < 4.78 is 14.0. The number of nitrogens with two attached hydrogens (primary N) is 1. The van der Waals surface area contributed by atoms with Gasteiger partial charge in [-0.15, -0.1) is 0 Å². The highest BCUT2D eigenvalue weighted by atomic mass is 79.9. The Morgan fingerprint density at radius 1 is 1.54 bits per heavy atom. The van der Waals surface area contributed by atoms with Gasteiger partial charge < -0.3 is 5.73 Å². The lowest BCUT2D eigenvalue weighted by molar-refractivity contribution is 0.623. The molecule has 0 aliphatic rings. The first-order valence-electron chi connectivity index (χ1n) is 3.98. The van der Waals surface area contributed by atoms with Crippen LogP contribution in [0.3, 0.4) is 0 Å². The molecule has 0 fully saturated rings. The van der Waals surface area contributed by atoms with E-state index in [1.807, 2.05) is 6.92 Å². The van der Waals surface area contributed by atoms with Crippen molar-refractivity contribution in [3.8, 4) is 0 Å². The van der Waals surface area contributed by atoms with Crippen LogP contribution in [0.4, 0.5) is 4.39 Å². The Kier molecular flexibility index (Phi) is 3.63. The maximum Gasteiger partial charge on any atom is 0.131 e. The SMILES string of the molecule is Cc1ccc(F)c(C=CCN)c1Br. The second kappa shape index (κ2) is 4.53. The normalized spacial score (nSPS) is 11.1. The second-order valence-electron chi connectivity index (χ2n) is 2.73. The minimum absolute atomic E-state index is 0.234. The molecule has 0 spiro atoms. The number of halogens is 2. The van der Waals surface area contributed by atoms with E-state index in [1.165, 1.54) is 6.07 Å². The van der Waals surface area contributed by atoms with Crippen molar-refractivity contribution in [2.24, 2.45) is 5.73 Å². The van der Waals surface area contributed by atoms with Crippen LogP contribution in [0.15, 0.2) is 22.7 Å². The van der Waals surface area contributed by atoms with Gasteiger partial charge in [-0.1, -0.05) is 18.2 Å². The van der Waals surface area contributed by atoms with Crippen LogP contribution >= 0.6 is 15.9 Å². The molecule has 0 radical (unpaired) electrons. The number of aryl methyl sites for hydroxylation is 1. The van der Waals surface area contributed by atoms with Gasteiger partial charge in [-0.3, -0.25) is 0 Å². The maximum atomic E-state index is 13.2. The molecule has 0 heterocycles. The zero-order valence-electron chi connectivity index (χ0n) is 7.35. The van der Waals surface area contributed by atoms with E-state index in [1.54, 1.807) is 18.2 Å². The summed E-state index contributed by atoms with van der Waals surface area (Å²) in [5.74, 6) is -0.234. The average Bonchev–Trinajstić information content (AvgIpc) is 2.12. The Morgan fingerprint density at radius 2 is 2.23 bits per heavy atom. The van der Waals surface area contributed by atoms with Gasteiger partial charge in [-0.25, -0.2) is 4.39 Å². The summed E-state index contributed by atoms with van der Waals surface area (Å²) in [6.07, 6.45) is 3.41. The van der Waals surface area contributed by atoms with Crippen molar-refractivity contribution in [3.05, 3.63) is 39.6 Å². The summed E-state index contributed by atoms with van der Waals surface area (Å²) in [5, 5.41) is 0. The van der Waals surface area contributed by atoms with E-state index in [4.69, 9.17) is 5.73 Å². The first-order valence-corrected chi connectivity index (χ1v) is 4.77. The Balaban J connectivity index is 3.17. The van der Waals surface area contributed by atoms with Gasteiger partial charge in [0.25, 0.3) is 0 Å². The van der Waals surface area contributed by atoms with Crippen molar-refractivity contribution in [1.82, 2.24) is 0 Å². The fourth-order valence-electron chi connectivity index (χ4n) is 1.02. The Morgan fingerprint density at radius 3 is 2.85 bits per heavy atom. The van der Waals surface area contributed by atoms with Gasteiger partial charge in [0.05, 0.1) is 0 Å². The van der Waals surface area contributed by atoms with Crippen LogP contribution in [0.1, 0.15) is 11.1 Å². The fourth-order valence-corrected chi connectivity index (χ4v) is 1.47. The predicted molar refractivity (Wildman–Crippen MR) is 56.9 cm³/mol. The van der Waals surface area contributed by atoms with Crippen molar-refractivity contribution < 1.29 is 4.39 Å². The van der Waals surface area contributed by atoms with E-state index < -0.39 is 0 Å². The van der Waals surface area contributed by atoms with Crippen LogP contribution in [-0.2, 0) is 0 Å². The van der Waals surface area contributed by atoms with Gasteiger partial charge in [-0.05, 0) is 34.5 Å². The molecule has 0 aromatic heterocycles. The van der Waals surface area contributed by atoms with Crippen molar-refractivity contribution >= 4 is 22.0 Å². The Bertz CT molecular complexity index is 334. The topological polar surface area (TPSA) is 26.0 Å². The van der Waals surface area contributed by atoms with Gasteiger partial charge in [-0.2, -0.15) is 0 Å². The monoisotopic (exact) mass is 243 g/mol. The molecule has 1 aromatic carbocycles. The molecule has 13 heavy (non-hydrogen) atoms. The van der Waals surface area contributed by atoms with Crippen LogP contribution in [0, 0.1) is 12.7 Å². The number of rotatable bonds is 2. The van der Waals surface area contributed by atoms with Crippen molar-refractivity contribution in [1.29, 1.82) is 0 Å². The van der Waals surface area contributed by atoms with E-state index in [2.05, 4.69) is 15.9 Å². The molecule has 1 nitrogen and oxygen atoms in total. The van der Waals surface area contributed by atoms with Gasteiger partial charge in [0.2, 0.25) is 0 Å². The Hall–Kier alpha value is -0.670. The minimum atomic E-state index is -0.234. The fraction of sp³-hybridized carbons (Fsp3) is 0.200. The van der Waals surface area contributed by atoms with Gasteiger partial charge in [0.15, 0.2) is 0 Å². The van der Waals surface area contributed by atoms with Gasteiger partial charge in [0.1, 0.15) is 5.82 Å². The highest BCUT2D eigenvalue weighted by molar-refractivity contribution is 9.10. The summed E-state index contributed by atoms with van der Waals surface area (Å²) in [4.78, 5) is 0. The zero-order chi connectivity index (χ0) is 9.84. The standard InChI is InChI=1S/C10H11BrFN/c1-7-4-5-9(12)8(10(7)11)3-2-6-13/h2-5H,6,13H2,1H3. The molecule has 0 bridgehead atoms. The molecule has 3 heteroatoms. The van der Waals surface area contributed by atoms with E-state index in [-0.39, 0.29) is 5.82 Å². The second-order valence-corrected chi connectivity index (χ2v) is 3.52. The molecule has 1 rings (SSSR count). The minimum Gasteiger partial charge on any atom is -0.327 e. The molecule has 2 N–H and O–H groups in total. The molecular formula is C10H11BrFN. The number of benzene rings is 1. The summed E-state index contributed by atoms with van der Waals surface area (Å²) in [7, 11) is 0. The van der Waals surface area contributed by atoms with Crippen molar-refractivity contribution in [2.45, 2.75) is 6.92 Å². The lowest BCUT2D eigenvalue weighted by Gasteiger charge is -2.03. The molecular weight excluding hydrogens is 233 g/mol. The van der Waals surface area contributed by atoms with Crippen LogP contribution in [-0.4, -0.2) is 6.54 Å². The third kappa shape index (κ3) is 2.39. The quantitative estimate of drug-likeness (QED) is 0.850. The van der Waals surface area contributed by atoms with Gasteiger partial charge >= 0.3 is 0 Å². The van der Waals surface area contributed by atoms with Gasteiger partial charge in [0, 0.05) is 16.6 Å². The van der Waals surface area contributed by atoms with Crippen LogP contribution in [0.5, 0.6) is 0 Å². The van der Waals surface area contributed by atoms with Crippen molar-refractivity contribution in [2.75, 3.05) is 6.54 Å². The summed E-state index contributed by atoms with van der Waals surface area (Å²) in [6.45, 7) is 2.34. The van der Waals surface area contributed by atoms with E-state index in [0.717, 1.165) is 10.0 Å². The first-order chi connectivity index (χ1) is 6.16. The third-order valence-electron chi connectivity index (χ3n) is 1.74. The third-order valence-corrected chi connectivity index (χ3v) is 2.79. The molecule has 0 aliphatic heterocycles. The Labute approximate surface area is 85.6 Å². The van der Waals surface area contributed by atoms with Crippen LogP contribution < -0.4 is 5.73 Å². The molecule has 0 aliphatic carbocycles. The molecule has 70 valence electrons. The van der Waals surface area contributed by atoms with E-state index in [9.17, 15) is 4.39 Å². The molecule has 0 saturated carbocycles. The molecule has 0 atom stereocenters. The zero-order valence-corrected chi connectivity index (χ0v) is 8.94. The number of hydrogen-bond acceptors (Lipinski definition) is 1. The lowest BCUT2D eigenvalue weighted by atomic mass is 10.1. The van der Waals surface area contributed by atoms with Crippen molar-refractivity contribution in [3.63, 3.8) is 0 Å². The number of hydrogen-bond donors (Lipinski definition) is 1. The molecule has 1 aromatic rings. The van der Waals surface area contributed by atoms with E-state index in [0.29, 0.717) is 12.1 Å². The average molecular weight is 244 g/mol. The largest absolute Gasteiger partial charge is 0.327 e.